The van der Waals surface area contributed by atoms with Gasteiger partial charge in [0.25, 0.3) is 5.91 Å². The number of anilines is 1. The number of hydrogen-bond donors (Lipinski definition) is 1. The maximum absolute atomic E-state index is 12.7. The van der Waals surface area contributed by atoms with Crippen LogP contribution in [0.4, 0.5) is 5.82 Å². The van der Waals surface area contributed by atoms with E-state index in [2.05, 4.69) is 43.6 Å². The Balaban J connectivity index is 1.17. The number of halogens is 2. The third kappa shape index (κ3) is 5.84. The molecule has 2 aromatic heterocycles. The number of aromatic nitrogens is 4. The highest BCUT2D eigenvalue weighted by molar-refractivity contribution is 9.10. The number of nitrogens with zero attached hydrogens (tertiary/aromatic N) is 4. The van der Waals surface area contributed by atoms with Gasteiger partial charge in [-0.1, -0.05) is 66.2 Å². The van der Waals surface area contributed by atoms with Crippen LogP contribution < -0.4 is 10.1 Å². The first-order chi connectivity index (χ1) is 17.5. The van der Waals surface area contributed by atoms with Gasteiger partial charge in [-0.05, 0) is 63.0 Å². The summed E-state index contributed by atoms with van der Waals surface area (Å²) in [7, 11) is 0. The van der Waals surface area contributed by atoms with Crippen LogP contribution in [0.25, 0.3) is 11.1 Å². The van der Waals surface area contributed by atoms with Crippen molar-refractivity contribution in [2.45, 2.75) is 13.3 Å². The Labute approximate surface area is 221 Å². The van der Waals surface area contributed by atoms with E-state index in [9.17, 15) is 4.79 Å². The van der Waals surface area contributed by atoms with Crippen molar-refractivity contribution in [2.24, 2.45) is 0 Å². The molecule has 0 aliphatic rings. The van der Waals surface area contributed by atoms with Gasteiger partial charge in [0.2, 0.25) is 0 Å². The van der Waals surface area contributed by atoms with Gasteiger partial charge in [0, 0.05) is 17.4 Å². The largest absolute Gasteiger partial charge is 0.471 e. The second-order valence-corrected chi connectivity index (χ2v) is 9.30. The van der Waals surface area contributed by atoms with Crippen LogP contribution in [0.2, 0.25) is 5.02 Å². The van der Waals surface area contributed by atoms with Crippen molar-refractivity contribution in [3.63, 3.8) is 0 Å². The number of benzene rings is 3. The van der Waals surface area contributed by atoms with Crippen LogP contribution in [0.15, 0.2) is 102 Å². The van der Waals surface area contributed by atoms with Crippen LogP contribution in [-0.4, -0.2) is 25.5 Å². The predicted octanol–water partition coefficient (Wildman–Crippen LogP) is 6.50. The molecule has 180 valence electrons. The highest BCUT2D eigenvalue weighted by atomic mass is 79.9. The molecule has 0 spiro atoms. The first-order valence-corrected chi connectivity index (χ1v) is 12.3. The molecule has 36 heavy (non-hydrogen) atoms. The molecule has 0 saturated heterocycles. The molecule has 0 bridgehead atoms. The molecule has 3 aromatic carbocycles. The van der Waals surface area contributed by atoms with Crippen LogP contribution in [0.1, 0.15) is 16.1 Å². The van der Waals surface area contributed by atoms with Gasteiger partial charge in [0.15, 0.2) is 18.2 Å². The third-order valence-electron chi connectivity index (χ3n) is 5.41. The number of hydrogen-bond acceptors (Lipinski definition) is 4. The fraction of sp³-hybridized carbons (Fsp3) is 0.0741. The van der Waals surface area contributed by atoms with Gasteiger partial charge in [0.05, 0.1) is 11.0 Å². The number of ether oxygens (including phenoxy) is 1. The topological polar surface area (TPSA) is 74.0 Å². The van der Waals surface area contributed by atoms with Gasteiger partial charge < -0.3 is 10.1 Å². The minimum absolute atomic E-state index is 0.178. The summed E-state index contributed by atoms with van der Waals surface area (Å²) in [5.41, 5.74) is 3.56. The van der Waals surface area contributed by atoms with E-state index in [0.717, 1.165) is 16.7 Å². The van der Waals surface area contributed by atoms with Gasteiger partial charge in [-0.2, -0.15) is 10.2 Å². The molecule has 0 saturated carbocycles. The van der Waals surface area contributed by atoms with E-state index in [0.29, 0.717) is 27.6 Å². The van der Waals surface area contributed by atoms with Crippen molar-refractivity contribution >= 4 is 39.3 Å². The number of carbonyl (C=O) groups excluding carboxylic acids is 1. The summed E-state index contributed by atoms with van der Waals surface area (Å²) in [4.78, 5) is 12.7. The number of rotatable bonds is 8. The van der Waals surface area contributed by atoms with Crippen molar-refractivity contribution in [1.82, 2.24) is 19.6 Å². The molecule has 0 unspecified atom stereocenters. The van der Waals surface area contributed by atoms with Crippen LogP contribution in [0.3, 0.4) is 0 Å². The second kappa shape index (κ2) is 10.8. The molecule has 0 fully saturated rings. The Hall–Kier alpha value is -3.88. The van der Waals surface area contributed by atoms with Crippen molar-refractivity contribution in [1.29, 1.82) is 0 Å². The fourth-order valence-corrected chi connectivity index (χ4v) is 4.12. The Morgan fingerprint density at radius 2 is 1.61 bits per heavy atom. The quantitative estimate of drug-likeness (QED) is 0.234. The zero-order valence-corrected chi connectivity index (χ0v) is 21.4. The van der Waals surface area contributed by atoms with E-state index in [-0.39, 0.29) is 18.3 Å². The van der Waals surface area contributed by atoms with Crippen LogP contribution in [-0.2, 0) is 13.3 Å². The summed E-state index contributed by atoms with van der Waals surface area (Å²) in [6.45, 7) is 0.724. The normalized spacial score (nSPS) is 10.8. The maximum atomic E-state index is 12.7. The number of carbonyl (C=O) groups is 1. The average Bonchev–Trinajstić information content (AvgIpc) is 3.51. The third-order valence-corrected chi connectivity index (χ3v) is 6.24. The molecule has 5 aromatic rings. The monoisotopic (exact) mass is 561 g/mol. The lowest BCUT2D eigenvalue weighted by Crippen LogP contribution is -2.15. The molecule has 1 amide bonds. The van der Waals surface area contributed by atoms with E-state index in [1.54, 1.807) is 27.8 Å². The Kier molecular flexibility index (Phi) is 7.16. The van der Waals surface area contributed by atoms with Gasteiger partial charge in [-0.25, -0.2) is 4.68 Å². The van der Waals surface area contributed by atoms with Crippen LogP contribution in [0, 0.1) is 0 Å². The van der Waals surface area contributed by atoms with E-state index >= 15 is 0 Å². The second-order valence-electron chi connectivity index (χ2n) is 8.01. The molecule has 7 nitrogen and oxygen atoms in total. The molecule has 9 heteroatoms. The van der Waals surface area contributed by atoms with E-state index in [1.165, 1.54) is 0 Å². The van der Waals surface area contributed by atoms with Gasteiger partial charge in [0.1, 0.15) is 5.75 Å². The standard InChI is InChI=1S/C27H21BrClN5O2/c28-24-17-34(16-19-6-10-22(29)11-7-19)32-26(24)30-27(35)25-14-15-33(31-25)18-36-23-12-8-21(9-13-23)20-4-2-1-3-5-20/h1-15,17H,16,18H2,(H,30,32,35). The van der Waals surface area contributed by atoms with Gasteiger partial charge >= 0.3 is 0 Å². The molecule has 2 heterocycles. The Morgan fingerprint density at radius 3 is 2.36 bits per heavy atom. The van der Waals surface area contributed by atoms with Crippen LogP contribution >= 0.6 is 27.5 Å². The van der Waals surface area contributed by atoms with Crippen LogP contribution in [0.5, 0.6) is 5.75 Å². The molecule has 0 aliphatic carbocycles. The summed E-state index contributed by atoms with van der Waals surface area (Å²) >= 11 is 9.40. The molecule has 1 N–H and O–H groups in total. The maximum Gasteiger partial charge on any atom is 0.277 e. The van der Waals surface area contributed by atoms with Crippen molar-refractivity contribution in [3.05, 3.63) is 118 Å². The number of amides is 1. The zero-order valence-electron chi connectivity index (χ0n) is 19.0. The van der Waals surface area contributed by atoms with E-state index < -0.39 is 0 Å². The minimum atomic E-state index is -0.363. The molecule has 0 aliphatic heterocycles. The van der Waals surface area contributed by atoms with E-state index in [4.69, 9.17) is 16.3 Å². The summed E-state index contributed by atoms with van der Waals surface area (Å²) in [5.74, 6) is 0.767. The Bertz CT molecular complexity index is 1460. The lowest BCUT2D eigenvalue weighted by Gasteiger charge is -2.07. The highest BCUT2D eigenvalue weighted by Crippen LogP contribution is 2.23. The minimum Gasteiger partial charge on any atom is -0.471 e. The van der Waals surface area contributed by atoms with E-state index in [1.807, 2.05) is 66.7 Å². The SMILES string of the molecule is O=C(Nc1nn(Cc2ccc(Cl)cc2)cc1Br)c1ccn(COc2ccc(-c3ccccc3)cc2)n1. The lowest BCUT2D eigenvalue weighted by molar-refractivity contribution is 0.101. The summed E-state index contributed by atoms with van der Waals surface area (Å²) in [6.07, 6.45) is 3.50. The molecule has 0 radical (unpaired) electrons. The van der Waals surface area contributed by atoms with Gasteiger partial charge in [-0.15, -0.1) is 0 Å². The molecule has 0 atom stereocenters. The fourth-order valence-electron chi connectivity index (χ4n) is 3.58. The first-order valence-electron chi connectivity index (χ1n) is 11.1. The van der Waals surface area contributed by atoms with Crippen molar-refractivity contribution < 1.29 is 9.53 Å². The Morgan fingerprint density at radius 1 is 0.889 bits per heavy atom. The lowest BCUT2D eigenvalue weighted by atomic mass is 10.1. The molecule has 5 rings (SSSR count). The van der Waals surface area contributed by atoms with Crippen molar-refractivity contribution in [2.75, 3.05) is 5.32 Å². The highest BCUT2D eigenvalue weighted by Gasteiger charge is 2.15. The average molecular weight is 563 g/mol. The van der Waals surface area contributed by atoms with Gasteiger partial charge in [-0.3, -0.25) is 9.48 Å². The first kappa shape index (κ1) is 23.8. The summed E-state index contributed by atoms with van der Waals surface area (Å²) in [6, 6.07) is 27.2. The zero-order chi connectivity index (χ0) is 24.9. The molecular weight excluding hydrogens is 542 g/mol. The predicted molar refractivity (Wildman–Crippen MR) is 143 cm³/mol. The van der Waals surface area contributed by atoms with Crippen molar-refractivity contribution in [3.8, 4) is 16.9 Å². The molecular formula is C27H21BrClN5O2. The summed E-state index contributed by atoms with van der Waals surface area (Å²) in [5, 5.41) is 12.2. The smallest absolute Gasteiger partial charge is 0.277 e. The summed E-state index contributed by atoms with van der Waals surface area (Å²) < 4.78 is 9.79. The number of nitrogens with one attached hydrogen (secondary N) is 1.